The van der Waals surface area contributed by atoms with Gasteiger partial charge >= 0.3 is 5.97 Å². The number of hydrogen-bond acceptors (Lipinski definition) is 7. The molecule has 3 rings (SSSR count). The van der Waals surface area contributed by atoms with E-state index < -0.39 is 35.4 Å². The highest BCUT2D eigenvalue weighted by Gasteiger charge is 2.20. The van der Waals surface area contributed by atoms with Crippen LogP contribution in [0.2, 0.25) is 0 Å². The zero-order chi connectivity index (χ0) is 23.8. The van der Waals surface area contributed by atoms with Crippen molar-refractivity contribution in [2.75, 3.05) is 29.9 Å². The fourth-order valence-electron chi connectivity index (χ4n) is 3.47. The summed E-state index contributed by atoms with van der Waals surface area (Å²) >= 11 is 0. The van der Waals surface area contributed by atoms with E-state index in [1.54, 1.807) is 12.1 Å². The van der Waals surface area contributed by atoms with Gasteiger partial charge in [0, 0.05) is 42.2 Å². The number of nitrogens with zero attached hydrogens (tertiary/aromatic N) is 2. The van der Waals surface area contributed by atoms with Crippen molar-refractivity contribution in [1.29, 1.82) is 0 Å². The minimum Gasteiger partial charge on any atom is -0.454 e. The standard InChI is InChI=1S/C23H26N4O6/c1-16(24-22(29)17-6-5-7-20(14-17)27(31)32)23(30)33-15-21(28)25-18-8-10-19(11-9-18)26-12-3-2-4-13-26/h5-11,14,16H,2-4,12-13,15H2,1H3,(H,24,29)(H,25,28)/t16-/m0/s1. The third kappa shape index (κ3) is 6.76. The highest BCUT2D eigenvalue weighted by molar-refractivity contribution is 5.98. The van der Waals surface area contributed by atoms with Crippen LogP contribution in [0.15, 0.2) is 48.5 Å². The number of carbonyl (C=O) groups excluding carboxylic acids is 3. The number of nitro benzene ring substituents is 1. The number of amides is 2. The van der Waals surface area contributed by atoms with E-state index in [0.717, 1.165) is 24.8 Å². The molecule has 0 aliphatic carbocycles. The van der Waals surface area contributed by atoms with Crippen molar-refractivity contribution in [3.8, 4) is 0 Å². The van der Waals surface area contributed by atoms with E-state index in [0.29, 0.717) is 5.69 Å². The summed E-state index contributed by atoms with van der Waals surface area (Å²) in [6.45, 7) is 2.94. The smallest absolute Gasteiger partial charge is 0.328 e. The van der Waals surface area contributed by atoms with Crippen LogP contribution in [-0.2, 0) is 14.3 Å². The molecule has 2 N–H and O–H groups in total. The topological polar surface area (TPSA) is 131 Å². The maximum Gasteiger partial charge on any atom is 0.328 e. The molecule has 1 atom stereocenters. The lowest BCUT2D eigenvalue weighted by molar-refractivity contribution is -0.384. The summed E-state index contributed by atoms with van der Waals surface area (Å²) in [5.74, 6) is -1.97. The van der Waals surface area contributed by atoms with Gasteiger partial charge in [0.1, 0.15) is 6.04 Å². The van der Waals surface area contributed by atoms with Gasteiger partial charge in [-0.2, -0.15) is 0 Å². The lowest BCUT2D eigenvalue weighted by Gasteiger charge is -2.28. The van der Waals surface area contributed by atoms with Gasteiger partial charge in [-0.1, -0.05) is 6.07 Å². The Labute approximate surface area is 191 Å². The fraction of sp³-hybridized carbons (Fsp3) is 0.348. The Bertz CT molecular complexity index is 1020. The number of anilines is 2. The molecule has 0 unspecified atom stereocenters. The van der Waals surface area contributed by atoms with Crippen molar-refractivity contribution in [1.82, 2.24) is 5.32 Å². The molecule has 1 aliphatic heterocycles. The maximum absolute atomic E-state index is 12.2. The third-order valence-electron chi connectivity index (χ3n) is 5.24. The molecule has 1 heterocycles. The molecule has 2 aromatic rings. The van der Waals surface area contributed by atoms with Gasteiger partial charge < -0.3 is 20.3 Å². The van der Waals surface area contributed by atoms with Gasteiger partial charge in [0.15, 0.2) is 6.61 Å². The number of piperidine rings is 1. The number of hydrogen-bond donors (Lipinski definition) is 2. The van der Waals surface area contributed by atoms with E-state index in [1.165, 1.54) is 44.4 Å². The van der Waals surface area contributed by atoms with E-state index in [1.807, 2.05) is 12.1 Å². The maximum atomic E-state index is 12.2. The highest BCUT2D eigenvalue weighted by Crippen LogP contribution is 2.21. The van der Waals surface area contributed by atoms with Crippen LogP contribution >= 0.6 is 0 Å². The van der Waals surface area contributed by atoms with Gasteiger partial charge in [0.05, 0.1) is 4.92 Å². The lowest BCUT2D eigenvalue weighted by Crippen LogP contribution is -2.40. The van der Waals surface area contributed by atoms with E-state index in [-0.39, 0.29) is 11.3 Å². The molecule has 174 valence electrons. The first kappa shape index (κ1) is 23.7. The summed E-state index contributed by atoms with van der Waals surface area (Å²) < 4.78 is 4.97. The first-order chi connectivity index (χ1) is 15.8. The molecule has 0 aromatic heterocycles. The fourth-order valence-corrected chi connectivity index (χ4v) is 3.47. The van der Waals surface area contributed by atoms with Crippen molar-refractivity contribution in [3.63, 3.8) is 0 Å². The minimum atomic E-state index is -1.05. The first-order valence-corrected chi connectivity index (χ1v) is 10.7. The Balaban J connectivity index is 1.44. The average Bonchev–Trinajstić information content (AvgIpc) is 2.83. The molecule has 0 radical (unpaired) electrons. The predicted octanol–water partition coefficient (Wildman–Crippen LogP) is 2.89. The van der Waals surface area contributed by atoms with Crippen LogP contribution in [0.1, 0.15) is 36.5 Å². The Morgan fingerprint density at radius 2 is 1.79 bits per heavy atom. The van der Waals surface area contributed by atoms with Crippen LogP contribution in [0.5, 0.6) is 0 Å². The van der Waals surface area contributed by atoms with Crippen molar-refractivity contribution in [3.05, 3.63) is 64.2 Å². The normalized spacial score (nSPS) is 14.2. The Kier molecular flexibility index (Phi) is 7.96. The summed E-state index contributed by atoms with van der Waals surface area (Å²) in [5.41, 5.74) is 1.49. The third-order valence-corrected chi connectivity index (χ3v) is 5.24. The van der Waals surface area contributed by atoms with Crippen LogP contribution in [0.4, 0.5) is 17.1 Å². The molecule has 0 saturated carbocycles. The second-order valence-corrected chi connectivity index (χ2v) is 7.75. The number of ether oxygens (including phenoxy) is 1. The first-order valence-electron chi connectivity index (χ1n) is 10.7. The number of nitro groups is 1. The monoisotopic (exact) mass is 454 g/mol. The second-order valence-electron chi connectivity index (χ2n) is 7.75. The van der Waals surface area contributed by atoms with E-state index in [4.69, 9.17) is 4.74 Å². The van der Waals surface area contributed by atoms with Gasteiger partial charge in [0.2, 0.25) is 0 Å². The number of non-ortho nitro benzene ring substituents is 1. The molecule has 10 nitrogen and oxygen atoms in total. The van der Waals surface area contributed by atoms with E-state index in [2.05, 4.69) is 15.5 Å². The summed E-state index contributed by atoms with van der Waals surface area (Å²) in [7, 11) is 0. The molecule has 0 spiro atoms. The lowest BCUT2D eigenvalue weighted by atomic mass is 10.1. The van der Waals surface area contributed by atoms with E-state index >= 15 is 0 Å². The van der Waals surface area contributed by atoms with Gasteiger partial charge in [-0.05, 0) is 56.5 Å². The number of carbonyl (C=O) groups is 3. The van der Waals surface area contributed by atoms with Gasteiger partial charge in [-0.3, -0.25) is 19.7 Å². The number of nitrogens with one attached hydrogen (secondary N) is 2. The minimum absolute atomic E-state index is 0.0367. The highest BCUT2D eigenvalue weighted by atomic mass is 16.6. The predicted molar refractivity (Wildman–Crippen MR) is 122 cm³/mol. The molecule has 1 fully saturated rings. The van der Waals surface area contributed by atoms with Crippen LogP contribution in [0, 0.1) is 10.1 Å². The van der Waals surface area contributed by atoms with E-state index in [9.17, 15) is 24.5 Å². The summed E-state index contributed by atoms with van der Waals surface area (Å²) in [4.78, 5) is 49.0. The van der Waals surface area contributed by atoms with Gasteiger partial charge in [-0.25, -0.2) is 4.79 Å². The number of benzene rings is 2. The summed E-state index contributed by atoms with van der Waals surface area (Å²) in [6, 6.07) is 11.6. The van der Waals surface area contributed by atoms with Crippen molar-refractivity contribution < 1.29 is 24.0 Å². The Morgan fingerprint density at radius 1 is 1.09 bits per heavy atom. The summed E-state index contributed by atoms with van der Waals surface area (Å²) in [6.07, 6.45) is 3.60. The molecule has 10 heteroatoms. The molecule has 2 amide bonds. The van der Waals surface area contributed by atoms with Crippen LogP contribution in [0.25, 0.3) is 0 Å². The average molecular weight is 454 g/mol. The molecular formula is C23H26N4O6. The molecule has 1 saturated heterocycles. The zero-order valence-electron chi connectivity index (χ0n) is 18.3. The van der Waals surface area contributed by atoms with Crippen LogP contribution < -0.4 is 15.5 Å². The quantitative estimate of drug-likeness (QED) is 0.356. The summed E-state index contributed by atoms with van der Waals surface area (Å²) in [5, 5.41) is 15.9. The Hall–Kier alpha value is -3.95. The van der Waals surface area contributed by atoms with Crippen molar-refractivity contribution >= 4 is 34.8 Å². The molecule has 1 aliphatic rings. The zero-order valence-corrected chi connectivity index (χ0v) is 18.3. The van der Waals surface area contributed by atoms with Crippen molar-refractivity contribution in [2.45, 2.75) is 32.2 Å². The van der Waals surface area contributed by atoms with Gasteiger partial charge in [0.25, 0.3) is 17.5 Å². The largest absolute Gasteiger partial charge is 0.454 e. The number of rotatable bonds is 8. The SMILES string of the molecule is C[C@H](NC(=O)c1cccc([N+](=O)[O-])c1)C(=O)OCC(=O)Nc1ccc(N2CCCCC2)cc1. The second kappa shape index (κ2) is 11.1. The van der Waals surface area contributed by atoms with Crippen molar-refractivity contribution in [2.24, 2.45) is 0 Å². The van der Waals surface area contributed by atoms with Crippen LogP contribution in [0.3, 0.4) is 0 Å². The molecular weight excluding hydrogens is 428 g/mol. The van der Waals surface area contributed by atoms with Gasteiger partial charge in [-0.15, -0.1) is 0 Å². The molecule has 33 heavy (non-hydrogen) atoms. The van der Waals surface area contributed by atoms with Crippen LogP contribution in [-0.4, -0.2) is 48.4 Å². The number of esters is 1. The molecule has 0 bridgehead atoms. The Morgan fingerprint density at radius 3 is 2.45 bits per heavy atom. The molecule has 2 aromatic carbocycles.